The van der Waals surface area contributed by atoms with E-state index in [9.17, 15) is 13.5 Å². The van der Waals surface area contributed by atoms with Crippen LogP contribution < -0.4 is 5.14 Å². The van der Waals surface area contributed by atoms with E-state index < -0.39 is 14.8 Å². The predicted octanol–water partition coefficient (Wildman–Crippen LogP) is 0.670. The summed E-state index contributed by atoms with van der Waals surface area (Å²) in [5, 5.41) is 14.7. The van der Waals surface area contributed by atoms with E-state index in [2.05, 4.69) is 0 Å². The highest BCUT2D eigenvalue weighted by Crippen LogP contribution is 2.53. The van der Waals surface area contributed by atoms with Crippen molar-refractivity contribution in [1.82, 2.24) is 0 Å². The van der Waals surface area contributed by atoms with E-state index in [0.717, 1.165) is 0 Å². The van der Waals surface area contributed by atoms with E-state index in [0.29, 0.717) is 18.4 Å². The third-order valence-electron chi connectivity index (χ3n) is 2.64. The fourth-order valence-electron chi connectivity index (χ4n) is 1.68. The van der Waals surface area contributed by atoms with Crippen molar-refractivity contribution in [3.63, 3.8) is 0 Å². The first-order chi connectivity index (χ1) is 6.47. The van der Waals surface area contributed by atoms with Gasteiger partial charge in [-0.15, -0.1) is 0 Å². The zero-order chi connectivity index (χ0) is 10.4. The Labute approximate surface area is 82.4 Å². The van der Waals surface area contributed by atoms with Crippen LogP contribution in [-0.2, 0) is 14.8 Å². The highest BCUT2D eigenvalue weighted by Gasteiger charge is 2.55. The summed E-state index contributed by atoms with van der Waals surface area (Å²) in [7, 11) is -3.63. The molecular formula is C9H11NO3S. The fourth-order valence-corrected chi connectivity index (χ4v) is 2.83. The van der Waals surface area contributed by atoms with Crippen molar-refractivity contribution in [2.24, 2.45) is 5.14 Å². The first-order valence-corrected chi connectivity index (χ1v) is 5.83. The van der Waals surface area contributed by atoms with E-state index in [1.807, 2.05) is 0 Å². The highest BCUT2D eigenvalue weighted by atomic mass is 32.2. The molecule has 0 heterocycles. The summed E-state index contributed by atoms with van der Waals surface area (Å²) in [6.07, 6.45) is 0.979. The van der Waals surface area contributed by atoms with Gasteiger partial charge in [-0.1, -0.05) is 18.2 Å². The minimum atomic E-state index is -3.63. The zero-order valence-electron chi connectivity index (χ0n) is 7.47. The molecule has 76 valence electrons. The molecular weight excluding hydrogens is 202 g/mol. The van der Waals surface area contributed by atoms with Gasteiger partial charge in [-0.25, -0.2) is 13.6 Å². The van der Waals surface area contributed by atoms with Crippen LogP contribution in [0.25, 0.3) is 0 Å². The van der Waals surface area contributed by atoms with Crippen LogP contribution in [0.4, 0.5) is 0 Å². The number of phenolic OH excluding ortho intramolecular Hbond substituents is 1. The average molecular weight is 213 g/mol. The normalized spacial score (nSPS) is 19.2. The molecule has 5 heteroatoms. The predicted molar refractivity (Wildman–Crippen MR) is 52.1 cm³/mol. The van der Waals surface area contributed by atoms with Crippen molar-refractivity contribution in [3.05, 3.63) is 29.8 Å². The molecule has 0 atom stereocenters. The molecule has 0 bridgehead atoms. The molecule has 0 unspecified atom stereocenters. The Balaban J connectivity index is 2.57. The summed E-state index contributed by atoms with van der Waals surface area (Å²) in [5.41, 5.74) is 0.419. The first kappa shape index (κ1) is 9.48. The lowest BCUT2D eigenvalue weighted by Gasteiger charge is -2.14. The van der Waals surface area contributed by atoms with Gasteiger partial charge in [-0.2, -0.15) is 0 Å². The largest absolute Gasteiger partial charge is 0.508 e. The number of nitrogens with two attached hydrogens (primary N) is 1. The minimum absolute atomic E-state index is 0.000903. The summed E-state index contributed by atoms with van der Waals surface area (Å²) < 4.78 is 21.6. The van der Waals surface area contributed by atoms with Crippen molar-refractivity contribution < 1.29 is 13.5 Å². The van der Waals surface area contributed by atoms with Gasteiger partial charge in [0.15, 0.2) is 0 Å². The van der Waals surface area contributed by atoms with Gasteiger partial charge < -0.3 is 5.11 Å². The molecule has 1 aliphatic rings. The minimum Gasteiger partial charge on any atom is -0.508 e. The van der Waals surface area contributed by atoms with Crippen molar-refractivity contribution in [2.45, 2.75) is 17.6 Å². The molecule has 1 aromatic carbocycles. The van der Waals surface area contributed by atoms with Gasteiger partial charge in [0.05, 0.1) is 0 Å². The topological polar surface area (TPSA) is 80.4 Å². The lowest BCUT2D eigenvalue weighted by Crippen LogP contribution is -2.28. The third-order valence-corrected chi connectivity index (χ3v) is 4.36. The molecule has 14 heavy (non-hydrogen) atoms. The molecule has 1 aromatic rings. The van der Waals surface area contributed by atoms with Crippen LogP contribution in [-0.4, -0.2) is 13.5 Å². The number of rotatable bonds is 2. The average Bonchev–Trinajstić information content (AvgIpc) is 2.84. The number of hydrogen-bond acceptors (Lipinski definition) is 3. The monoisotopic (exact) mass is 213 g/mol. The molecule has 1 fully saturated rings. The number of aromatic hydroxyl groups is 1. The number of benzene rings is 1. The smallest absolute Gasteiger partial charge is 0.219 e. The Morgan fingerprint density at radius 3 is 2.29 bits per heavy atom. The van der Waals surface area contributed by atoms with Gasteiger partial charge >= 0.3 is 0 Å². The van der Waals surface area contributed by atoms with Crippen LogP contribution in [0.5, 0.6) is 5.75 Å². The Hall–Kier alpha value is -1.07. The molecule has 0 aromatic heterocycles. The fraction of sp³-hybridized carbons (Fsp3) is 0.333. The second-order valence-corrected chi connectivity index (χ2v) is 5.43. The van der Waals surface area contributed by atoms with Crippen LogP contribution in [0.15, 0.2) is 24.3 Å². The van der Waals surface area contributed by atoms with Gasteiger partial charge in [-0.3, -0.25) is 0 Å². The Morgan fingerprint density at radius 2 is 1.86 bits per heavy atom. The van der Waals surface area contributed by atoms with Gasteiger partial charge in [0, 0.05) is 5.56 Å². The molecule has 0 spiro atoms. The van der Waals surface area contributed by atoms with E-state index in [4.69, 9.17) is 5.14 Å². The number of sulfonamides is 1. The Bertz CT molecular complexity index is 463. The Kier molecular flexibility index (Phi) is 1.84. The van der Waals surface area contributed by atoms with Gasteiger partial charge in [0.2, 0.25) is 10.0 Å². The van der Waals surface area contributed by atoms with Crippen molar-refractivity contribution in [2.75, 3.05) is 0 Å². The van der Waals surface area contributed by atoms with Gasteiger partial charge in [0.25, 0.3) is 0 Å². The molecule has 3 N–H and O–H groups in total. The lowest BCUT2D eigenvalue weighted by atomic mass is 10.1. The maximum Gasteiger partial charge on any atom is 0.219 e. The standard InChI is InChI=1S/C9H11NO3S/c10-14(12,13)9(5-6-9)7-3-1-2-4-8(7)11/h1-4,11H,5-6H2,(H2,10,12,13). The second-order valence-electron chi connectivity index (χ2n) is 3.56. The molecule has 2 rings (SSSR count). The number of primary sulfonamides is 1. The number of hydrogen-bond donors (Lipinski definition) is 2. The second kappa shape index (κ2) is 2.71. The highest BCUT2D eigenvalue weighted by molar-refractivity contribution is 7.90. The van der Waals surface area contributed by atoms with Crippen LogP contribution in [0.2, 0.25) is 0 Å². The van der Waals surface area contributed by atoms with E-state index in [-0.39, 0.29) is 5.75 Å². The quantitative estimate of drug-likeness (QED) is 0.757. The molecule has 1 aliphatic carbocycles. The SMILES string of the molecule is NS(=O)(=O)C1(c2ccccc2O)CC1. The summed E-state index contributed by atoms with van der Waals surface area (Å²) in [6.45, 7) is 0. The summed E-state index contributed by atoms with van der Waals surface area (Å²) in [4.78, 5) is 0. The van der Waals surface area contributed by atoms with E-state index >= 15 is 0 Å². The van der Waals surface area contributed by atoms with Crippen LogP contribution >= 0.6 is 0 Å². The van der Waals surface area contributed by atoms with Crippen molar-refractivity contribution in [3.8, 4) is 5.75 Å². The van der Waals surface area contributed by atoms with Crippen LogP contribution in [0.1, 0.15) is 18.4 Å². The van der Waals surface area contributed by atoms with Crippen molar-refractivity contribution in [1.29, 1.82) is 0 Å². The maximum absolute atomic E-state index is 11.3. The van der Waals surface area contributed by atoms with Gasteiger partial charge in [-0.05, 0) is 18.9 Å². The molecule has 1 saturated carbocycles. The first-order valence-electron chi connectivity index (χ1n) is 4.28. The van der Waals surface area contributed by atoms with Gasteiger partial charge in [0.1, 0.15) is 10.5 Å². The molecule has 0 saturated heterocycles. The lowest BCUT2D eigenvalue weighted by molar-refractivity contribution is 0.464. The zero-order valence-corrected chi connectivity index (χ0v) is 8.29. The number of para-hydroxylation sites is 1. The van der Waals surface area contributed by atoms with E-state index in [1.54, 1.807) is 18.2 Å². The third kappa shape index (κ3) is 1.20. The molecule has 0 amide bonds. The maximum atomic E-state index is 11.3. The van der Waals surface area contributed by atoms with Crippen LogP contribution in [0.3, 0.4) is 0 Å². The van der Waals surface area contributed by atoms with E-state index in [1.165, 1.54) is 6.07 Å². The Morgan fingerprint density at radius 1 is 1.29 bits per heavy atom. The molecule has 0 aliphatic heterocycles. The molecule has 4 nitrogen and oxygen atoms in total. The summed E-state index contributed by atoms with van der Waals surface area (Å²) in [5.74, 6) is -0.000903. The number of phenols is 1. The molecule has 0 radical (unpaired) electrons. The van der Waals surface area contributed by atoms with Crippen molar-refractivity contribution >= 4 is 10.0 Å². The van der Waals surface area contributed by atoms with Crippen LogP contribution in [0, 0.1) is 0 Å². The summed E-state index contributed by atoms with van der Waals surface area (Å²) in [6, 6.07) is 6.42. The summed E-state index contributed by atoms with van der Waals surface area (Å²) >= 11 is 0.